The van der Waals surface area contributed by atoms with Crippen LogP contribution in [-0.2, 0) is 0 Å². The van der Waals surface area contributed by atoms with Gasteiger partial charge < -0.3 is 5.21 Å². The fraction of sp³-hybridized carbons (Fsp3) is 0. The first-order chi connectivity index (χ1) is 16.3. The van der Waals surface area contributed by atoms with Gasteiger partial charge in [0, 0.05) is 11.1 Å². The van der Waals surface area contributed by atoms with Crippen molar-refractivity contribution >= 4 is 28.5 Å². The molecule has 0 aliphatic heterocycles. The molecular formula is C27H23N5O. The summed E-state index contributed by atoms with van der Waals surface area (Å²) in [5.74, 6) is 0. The summed E-state index contributed by atoms with van der Waals surface area (Å²) in [6.07, 6.45) is 0. The van der Waals surface area contributed by atoms with Crippen LogP contribution in [0.25, 0.3) is 0 Å². The van der Waals surface area contributed by atoms with Crippen LogP contribution in [0.5, 0.6) is 0 Å². The Morgan fingerprint density at radius 2 is 0.818 bits per heavy atom. The predicted octanol–water partition coefficient (Wildman–Crippen LogP) is 5.85. The largest absolute Gasteiger partial charge is 0.410 e. The third-order valence-corrected chi connectivity index (χ3v) is 4.78. The first kappa shape index (κ1) is 21.5. The highest BCUT2D eigenvalue weighted by Gasteiger charge is 2.21. The van der Waals surface area contributed by atoms with Crippen LogP contribution in [0.15, 0.2) is 137 Å². The molecule has 0 aliphatic rings. The summed E-state index contributed by atoms with van der Waals surface area (Å²) in [7, 11) is 0. The van der Waals surface area contributed by atoms with Gasteiger partial charge in [-0.25, -0.2) is 0 Å². The SMILES string of the molecule is ON=C(/C(=N\Nc1ccccc1)c1ccccc1)/C(=N\Nc1ccccc1)c1ccccc1. The van der Waals surface area contributed by atoms with Crippen molar-refractivity contribution in [2.75, 3.05) is 10.9 Å². The Hall–Kier alpha value is -4.71. The van der Waals surface area contributed by atoms with Gasteiger partial charge in [-0.3, -0.25) is 10.9 Å². The zero-order valence-electron chi connectivity index (χ0n) is 17.8. The highest BCUT2D eigenvalue weighted by Crippen LogP contribution is 2.13. The molecule has 0 atom stereocenters. The van der Waals surface area contributed by atoms with Crippen LogP contribution in [0, 0.1) is 0 Å². The molecule has 4 rings (SSSR count). The molecule has 6 nitrogen and oxygen atoms in total. The molecule has 4 aromatic rings. The number of nitrogens with one attached hydrogen (secondary N) is 2. The van der Waals surface area contributed by atoms with Crippen molar-refractivity contribution in [3.63, 3.8) is 0 Å². The molecular weight excluding hydrogens is 410 g/mol. The van der Waals surface area contributed by atoms with Gasteiger partial charge in [0.25, 0.3) is 0 Å². The molecule has 162 valence electrons. The van der Waals surface area contributed by atoms with E-state index in [9.17, 15) is 5.21 Å². The smallest absolute Gasteiger partial charge is 0.158 e. The van der Waals surface area contributed by atoms with E-state index in [2.05, 4.69) is 26.2 Å². The zero-order valence-corrected chi connectivity index (χ0v) is 17.8. The van der Waals surface area contributed by atoms with E-state index in [0.29, 0.717) is 11.4 Å². The molecule has 0 aliphatic carbocycles. The summed E-state index contributed by atoms with van der Waals surface area (Å²) < 4.78 is 0. The quantitative estimate of drug-likeness (QED) is 0.185. The van der Waals surface area contributed by atoms with Crippen LogP contribution in [0.2, 0.25) is 0 Å². The summed E-state index contributed by atoms with van der Waals surface area (Å²) in [5, 5.41) is 23.0. The van der Waals surface area contributed by atoms with E-state index < -0.39 is 0 Å². The lowest BCUT2D eigenvalue weighted by Gasteiger charge is -2.13. The number of nitrogens with zero attached hydrogens (tertiary/aromatic N) is 3. The van der Waals surface area contributed by atoms with Gasteiger partial charge in [0.15, 0.2) is 5.71 Å². The van der Waals surface area contributed by atoms with Crippen LogP contribution in [0.1, 0.15) is 11.1 Å². The lowest BCUT2D eigenvalue weighted by molar-refractivity contribution is 0.321. The van der Waals surface area contributed by atoms with Crippen molar-refractivity contribution in [1.29, 1.82) is 0 Å². The fourth-order valence-corrected chi connectivity index (χ4v) is 3.17. The third kappa shape index (κ3) is 5.71. The first-order valence-corrected chi connectivity index (χ1v) is 10.5. The summed E-state index contributed by atoms with van der Waals surface area (Å²) in [5.41, 5.74) is 10.4. The Morgan fingerprint density at radius 1 is 0.485 bits per heavy atom. The minimum atomic E-state index is 0.222. The number of hydrogen-bond acceptors (Lipinski definition) is 6. The molecule has 0 heterocycles. The van der Waals surface area contributed by atoms with Crippen molar-refractivity contribution in [2.45, 2.75) is 0 Å². The maximum atomic E-state index is 10.2. The molecule has 0 radical (unpaired) electrons. The maximum Gasteiger partial charge on any atom is 0.158 e. The van der Waals surface area contributed by atoms with Gasteiger partial charge in [-0.1, -0.05) is 102 Å². The number of hydrogen-bond donors (Lipinski definition) is 3. The Labute approximate surface area is 192 Å². The number of anilines is 2. The van der Waals surface area contributed by atoms with Gasteiger partial charge in [0.2, 0.25) is 0 Å². The van der Waals surface area contributed by atoms with E-state index in [0.717, 1.165) is 22.5 Å². The fourth-order valence-electron chi connectivity index (χ4n) is 3.17. The number of para-hydroxylation sites is 2. The van der Waals surface area contributed by atoms with Crippen LogP contribution in [0.3, 0.4) is 0 Å². The van der Waals surface area contributed by atoms with Crippen molar-refractivity contribution in [3.05, 3.63) is 132 Å². The van der Waals surface area contributed by atoms with Crippen molar-refractivity contribution in [2.24, 2.45) is 15.4 Å². The van der Waals surface area contributed by atoms with E-state index in [4.69, 9.17) is 0 Å². The molecule has 0 unspecified atom stereocenters. The summed E-state index contributed by atoms with van der Waals surface area (Å²) in [4.78, 5) is 0. The normalized spacial score (nSPS) is 11.5. The van der Waals surface area contributed by atoms with Crippen molar-refractivity contribution < 1.29 is 5.21 Å². The topological polar surface area (TPSA) is 81.4 Å². The van der Waals surface area contributed by atoms with Gasteiger partial charge in [0.05, 0.1) is 11.4 Å². The Bertz CT molecular complexity index is 1140. The highest BCUT2D eigenvalue weighted by atomic mass is 16.4. The van der Waals surface area contributed by atoms with E-state index >= 15 is 0 Å². The number of rotatable bonds is 8. The predicted molar refractivity (Wildman–Crippen MR) is 135 cm³/mol. The number of benzene rings is 4. The van der Waals surface area contributed by atoms with Crippen molar-refractivity contribution in [3.8, 4) is 0 Å². The molecule has 6 heteroatoms. The van der Waals surface area contributed by atoms with Crippen LogP contribution in [0.4, 0.5) is 11.4 Å². The maximum absolute atomic E-state index is 10.2. The van der Waals surface area contributed by atoms with E-state index in [1.807, 2.05) is 121 Å². The van der Waals surface area contributed by atoms with Gasteiger partial charge in [0.1, 0.15) is 11.4 Å². The van der Waals surface area contributed by atoms with E-state index in [-0.39, 0.29) is 5.71 Å². The van der Waals surface area contributed by atoms with Gasteiger partial charge >= 0.3 is 0 Å². The molecule has 0 aromatic heterocycles. The van der Waals surface area contributed by atoms with Gasteiger partial charge in [-0.15, -0.1) is 0 Å². The second-order valence-corrected chi connectivity index (χ2v) is 7.06. The van der Waals surface area contributed by atoms with Gasteiger partial charge in [-0.2, -0.15) is 10.2 Å². The molecule has 0 amide bonds. The summed E-state index contributed by atoms with van der Waals surface area (Å²) in [6, 6.07) is 38.3. The summed E-state index contributed by atoms with van der Waals surface area (Å²) in [6.45, 7) is 0. The Kier molecular flexibility index (Phi) is 7.21. The highest BCUT2D eigenvalue weighted by molar-refractivity contribution is 6.74. The number of oxime groups is 1. The lowest BCUT2D eigenvalue weighted by atomic mass is 9.98. The molecule has 0 spiro atoms. The average Bonchev–Trinajstić information content (AvgIpc) is 2.90. The molecule has 0 saturated heterocycles. The Balaban J connectivity index is 1.79. The lowest BCUT2D eigenvalue weighted by Crippen LogP contribution is -2.28. The molecule has 0 fully saturated rings. The molecule has 0 saturated carbocycles. The van der Waals surface area contributed by atoms with E-state index in [1.165, 1.54) is 0 Å². The average molecular weight is 434 g/mol. The van der Waals surface area contributed by atoms with Crippen molar-refractivity contribution in [1.82, 2.24) is 0 Å². The first-order valence-electron chi connectivity index (χ1n) is 10.5. The standard InChI is InChI=1S/C27H23N5O/c33-32-27(25(21-13-5-1-6-14-21)30-28-23-17-9-3-10-18-23)26(22-15-7-2-8-16-22)31-29-24-19-11-4-12-20-24/h1-20,28-29,33H/b30-25-,31-26-. The van der Waals surface area contributed by atoms with Crippen LogP contribution >= 0.6 is 0 Å². The second-order valence-electron chi connectivity index (χ2n) is 7.06. The molecule has 4 aromatic carbocycles. The minimum absolute atomic E-state index is 0.222. The zero-order chi connectivity index (χ0) is 22.7. The summed E-state index contributed by atoms with van der Waals surface area (Å²) >= 11 is 0. The minimum Gasteiger partial charge on any atom is -0.410 e. The number of hydrazone groups is 2. The molecule has 3 N–H and O–H groups in total. The van der Waals surface area contributed by atoms with Crippen LogP contribution < -0.4 is 10.9 Å². The van der Waals surface area contributed by atoms with Crippen LogP contribution in [-0.4, -0.2) is 22.3 Å². The van der Waals surface area contributed by atoms with E-state index in [1.54, 1.807) is 0 Å². The monoisotopic (exact) mass is 433 g/mol. The molecule has 33 heavy (non-hydrogen) atoms. The third-order valence-electron chi connectivity index (χ3n) is 4.78. The second kappa shape index (κ2) is 11.1. The Morgan fingerprint density at radius 3 is 1.15 bits per heavy atom. The van der Waals surface area contributed by atoms with Gasteiger partial charge in [-0.05, 0) is 24.3 Å². The molecule has 0 bridgehead atoms.